The maximum Gasteiger partial charge on any atom is 0.135 e. The average molecular weight is 975 g/mol. The summed E-state index contributed by atoms with van der Waals surface area (Å²) in [5, 5.41) is 19.7. The van der Waals surface area contributed by atoms with Gasteiger partial charge in [0.15, 0.2) is 0 Å². The summed E-state index contributed by atoms with van der Waals surface area (Å²) in [6, 6.07) is 103. The fourth-order valence-corrected chi connectivity index (χ4v) is 12.8. The molecule has 0 spiro atoms. The summed E-state index contributed by atoms with van der Waals surface area (Å²) in [5.41, 5.74) is 16.5. The molecule has 1 aromatic heterocycles. The molecule has 77 heavy (non-hydrogen) atoms. The second-order valence-electron chi connectivity index (χ2n) is 20.6. The molecule has 16 aromatic rings. The van der Waals surface area contributed by atoms with Crippen LogP contribution in [0.1, 0.15) is 0 Å². The maximum atomic E-state index is 6.15. The van der Waals surface area contributed by atoms with Crippen molar-refractivity contribution in [1.82, 2.24) is 0 Å². The van der Waals surface area contributed by atoms with Crippen molar-refractivity contribution < 1.29 is 4.42 Å². The number of benzene rings is 15. The van der Waals surface area contributed by atoms with Crippen LogP contribution in [0.15, 0.2) is 283 Å². The second-order valence-corrected chi connectivity index (χ2v) is 20.6. The van der Waals surface area contributed by atoms with Gasteiger partial charge in [0.1, 0.15) is 11.2 Å². The van der Waals surface area contributed by atoms with Gasteiger partial charge in [-0.3, -0.25) is 0 Å². The predicted molar refractivity (Wildman–Crippen MR) is 329 cm³/mol. The highest BCUT2D eigenvalue weighted by Gasteiger charge is 2.20. The van der Waals surface area contributed by atoms with E-state index in [4.69, 9.17) is 4.42 Å². The molecule has 16 rings (SSSR count). The summed E-state index contributed by atoms with van der Waals surface area (Å²) < 4.78 is 6.15. The van der Waals surface area contributed by atoms with Crippen LogP contribution in [0.25, 0.3) is 164 Å². The van der Waals surface area contributed by atoms with E-state index in [1.54, 1.807) is 0 Å². The fourth-order valence-electron chi connectivity index (χ4n) is 12.8. The first-order valence-electron chi connectivity index (χ1n) is 26.6. The molecule has 0 fully saturated rings. The van der Waals surface area contributed by atoms with E-state index in [1.165, 1.54) is 142 Å². The van der Waals surface area contributed by atoms with Gasteiger partial charge in [-0.05, 0) is 185 Å². The molecular weight excluding hydrogens is 929 g/mol. The molecule has 1 nitrogen and oxygen atoms in total. The Morgan fingerprint density at radius 1 is 0.169 bits per heavy atom. The van der Waals surface area contributed by atoms with E-state index in [-0.39, 0.29) is 0 Å². The first-order valence-corrected chi connectivity index (χ1v) is 26.6. The highest BCUT2D eigenvalue weighted by atomic mass is 16.3. The Kier molecular flexibility index (Phi) is 9.71. The van der Waals surface area contributed by atoms with Gasteiger partial charge in [0.05, 0.1) is 0 Å². The Balaban J connectivity index is 0.785. The van der Waals surface area contributed by atoms with Gasteiger partial charge in [0.25, 0.3) is 0 Å². The van der Waals surface area contributed by atoms with Gasteiger partial charge < -0.3 is 4.42 Å². The van der Waals surface area contributed by atoms with E-state index in [9.17, 15) is 0 Å². The lowest BCUT2D eigenvalue weighted by Gasteiger charge is -2.19. The molecule has 0 unspecified atom stereocenters. The summed E-state index contributed by atoms with van der Waals surface area (Å²) in [6.45, 7) is 0. The molecule has 356 valence electrons. The zero-order valence-electron chi connectivity index (χ0n) is 42.0. The smallest absolute Gasteiger partial charge is 0.135 e. The van der Waals surface area contributed by atoms with Crippen LogP contribution >= 0.6 is 0 Å². The summed E-state index contributed by atoms with van der Waals surface area (Å²) in [4.78, 5) is 0. The van der Waals surface area contributed by atoms with E-state index >= 15 is 0 Å². The average Bonchev–Trinajstić information content (AvgIpc) is 4.05. The Labute approximate surface area is 445 Å². The molecule has 0 bridgehead atoms. The monoisotopic (exact) mass is 974 g/mol. The van der Waals surface area contributed by atoms with Crippen LogP contribution < -0.4 is 0 Å². The summed E-state index contributed by atoms with van der Waals surface area (Å²) >= 11 is 0. The van der Waals surface area contributed by atoms with Gasteiger partial charge in [-0.25, -0.2) is 0 Å². The van der Waals surface area contributed by atoms with Gasteiger partial charge in [0.2, 0.25) is 0 Å². The predicted octanol–water partition coefficient (Wildman–Crippen LogP) is 21.7. The van der Waals surface area contributed by atoms with E-state index in [1.807, 2.05) is 12.1 Å². The highest BCUT2D eigenvalue weighted by molar-refractivity contribution is 6.25. The molecular formula is C76H46O. The Hall–Kier alpha value is -10.1. The van der Waals surface area contributed by atoms with E-state index in [2.05, 4.69) is 267 Å². The molecule has 1 heteroatoms. The van der Waals surface area contributed by atoms with Crippen LogP contribution in [0.3, 0.4) is 0 Å². The zero-order valence-corrected chi connectivity index (χ0v) is 42.0. The molecule has 0 aliphatic carbocycles. The molecule has 0 radical (unpaired) electrons. The number of para-hydroxylation sites is 1. The summed E-state index contributed by atoms with van der Waals surface area (Å²) in [7, 11) is 0. The number of furan rings is 1. The van der Waals surface area contributed by atoms with Crippen LogP contribution in [0.4, 0.5) is 0 Å². The minimum atomic E-state index is 0.912. The molecule has 0 aliphatic rings. The largest absolute Gasteiger partial charge is 0.456 e. The third kappa shape index (κ3) is 6.95. The first kappa shape index (κ1) is 43.3. The fraction of sp³-hybridized carbons (Fsp3) is 0. The lowest BCUT2D eigenvalue weighted by molar-refractivity contribution is 0.669. The molecule has 0 aliphatic heterocycles. The number of hydrogen-bond acceptors (Lipinski definition) is 1. The number of hydrogen-bond donors (Lipinski definition) is 0. The van der Waals surface area contributed by atoms with Crippen molar-refractivity contribution in [2.45, 2.75) is 0 Å². The molecule has 0 N–H and O–H groups in total. The number of rotatable bonds is 6. The Morgan fingerprint density at radius 3 is 1.05 bits per heavy atom. The van der Waals surface area contributed by atoms with Crippen molar-refractivity contribution in [3.05, 3.63) is 279 Å². The SMILES string of the molecule is c1ccc2c(-c3c4ccccc4c(-c4ccc5ccc(-c6ccc7ccc(-c8c9ccccc9c(-c9ccc(-c%10ccc%11oc%12ccccc%12c%11c%10)cc9)c9ccccc89)cc7c6)cc5c4)c4ccccc34)cccc2c1. The normalized spacial score (nSPS) is 11.9. The molecule has 1 heterocycles. The Bertz CT molecular complexity index is 4970. The minimum absolute atomic E-state index is 0.912. The third-order valence-electron chi connectivity index (χ3n) is 16.4. The summed E-state index contributed by atoms with van der Waals surface area (Å²) in [5.74, 6) is 0. The summed E-state index contributed by atoms with van der Waals surface area (Å²) in [6.07, 6.45) is 0. The van der Waals surface area contributed by atoms with Crippen LogP contribution in [0.5, 0.6) is 0 Å². The first-order chi connectivity index (χ1) is 38.2. The van der Waals surface area contributed by atoms with Gasteiger partial charge in [0, 0.05) is 10.8 Å². The van der Waals surface area contributed by atoms with Crippen LogP contribution in [0, 0.1) is 0 Å². The second kappa shape index (κ2) is 17.2. The lowest BCUT2D eigenvalue weighted by Crippen LogP contribution is -1.92. The van der Waals surface area contributed by atoms with Crippen molar-refractivity contribution in [1.29, 1.82) is 0 Å². The van der Waals surface area contributed by atoms with Crippen LogP contribution in [-0.4, -0.2) is 0 Å². The van der Waals surface area contributed by atoms with Crippen LogP contribution in [-0.2, 0) is 0 Å². The van der Waals surface area contributed by atoms with Gasteiger partial charge >= 0.3 is 0 Å². The van der Waals surface area contributed by atoms with Gasteiger partial charge in [-0.15, -0.1) is 0 Å². The zero-order chi connectivity index (χ0) is 50.6. The number of fused-ring (bicyclic) bond motifs is 10. The quantitative estimate of drug-likeness (QED) is 0.151. The molecule has 0 atom stereocenters. The van der Waals surface area contributed by atoms with Crippen molar-refractivity contribution in [3.8, 4) is 66.8 Å². The van der Waals surface area contributed by atoms with Crippen molar-refractivity contribution in [2.75, 3.05) is 0 Å². The van der Waals surface area contributed by atoms with Crippen molar-refractivity contribution >= 4 is 97.3 Å². The topological polar surface area (TPSA) is 13.1 Å². The van der Waals surface area contributed by atoms with Crippen LogP contribution in [0.2, 0.25) is 0 Å². The standard InChI is InChI=1S/C76H46O/c1-2-16-59-50(14-1)15-13-26-61(59)76-68-24-9-7-22-66(68)75(67-23-8-10-25-69(67)76)56-39-33-49-31-37-53(43-58(49)45-56)52-36-30-48-32-38-55(44-57(48)42-52)74-64-20-5-3-18-62(64)73(63-19-4-6-21-65(63)74)51-34-28-47(29-35-51)54-40-41-72-70(46-54)60-17-11-12-27-71(60)77-72/h1-46H. The highest BCUT2D eigenvalue weighted by Crippen LogP contribution is 2.48. The maximum absolute atomic E-state index is 6.15. The Morgan fingerprint density at radius 2 is 0.519 bits per heavy atom. The van der Waals surface area contributed by atoms with Gasteiger partial charge in [-0.2, -0.15) is 0 Å². The third-order valence-corrected chi connectivity index (χ3v) is 16.4. The van der Waals surface area contributed by atoms with E-state index < -0.39 is 0 Å². The van der Waals surface area contributed by atoms with E-state index in [0.717, 1.165) is 21.9 Å². The van der Waals surface area contributed by atoms with Crippen molar-refractivity contribution in [2.24, 2.45) is 0 Å². The van der Waals surface area contributed by atoms with E-state index in [0.29, 0.717) is 0 Å². The molecule has 0 amide bonds. The molecule has 0 saturated carbocycles. The van der Waals surface area contributed by atoms with Crippen molar-refractivity contribution in [3.63, 3.8) is 0 Å². The lowest BCUT2D eigenvalue weighted by atomic mass is 9.84. The molecule has 15 aromatic carbocycles. The van der Waals surface area contributed by atoms with Gasteiger partial charge in [-0.1, -0.05) is 237 Å². The minimum Gasteiger partial charge on any atom is -0.456 e. The molecule has 0 saturated heterocycles.